The van der Waals surface area contributed by atoms with Crippen LogP contribution in [0.4, 0.5) is 18.9 Å². The quantitative estimate of drug-likeness (QED) is 0.362. The van der Waals surface area contributed by atoms with Gasteiger partial charge in [-0.2, -0.15) is 23.4 Å². The summed E-state index contributed by atoms with van der Waals surface area (Å²) in [6, 6.07) is 14.5. The summed E-state index contributed by atoms with van der Waals surface area (Å²) in [7, 11) is 0. The number of aliphatic carboxylic acids is 1. The topological polar surface area (TPSA) is 101 Å². The van der Waals surface area contributed by atoms with Gasteiger partial charge < -0.3 is 10.4 Å². The molecule has 0 radical (unpaired) electrons. The lowest BCUT2D eigenvalue weighted by atomic mass is 9.97. The number of carboxylic acids is 1. The molecule has 1 aromatic carbocycles. The molecule has 4 aromatic rings. The molecule has 1 aliphatic heterocycles. The second-order valence-electron chi connectivity index (χ2n) is 9.11. The van der Waals surface area contributed by atoms with Crippen molar-refractivity contribution in [2.45, 2.75) is 51.5 Å². The summed E-state index contributed by atoms with van der Waals surface area (Å²) in [5.74, 6) is -1.43. The average Bonchev–Trinajstić information content (AvgIpc) is 3.54. The molecule has 1 saturated heterocycles. The van der Waals surface area contributed by atoms with Gasteiger partial charge in [0.1, 0.15) is 0 Å². The smallest absolute Gasteiger partial charge is 0.475 e. The zero-order valence-corrected chi connectivity index (χ0v) is 21.0. The fourth-order valence-corrected chi connectivity index (χ4v) is 4.31. The van der Waals surface area contributed by atoms with Gasteiger partial charge in [-0.05, 0) is 44.0 Å². The highest BCUT2D eigenvalue weighted by Gasteiger charge is 2.38. The van der Waals surface area contributed by atoms with Crippen LogP contribution in [0.1, 0.15) is 42.6 Å². The van der Waals surface area contributed by atoms with Gasteiger partial charge in [-0.3, -0.25) is 9.58 Å². The van der Waals surface area contributed by atoms with Crippen LogP contribution in [0.25, 0.3) is 5.65 Å². The zero-order valence-electron chi connectivity index (χ0n) is 21.0. The van der Waals surface area contributed by atoms with E-state index in [1.807, 2.05) is 33.7 Å². The van der Waals surface area contributed by atoms with Gasteiger partial charge in [-0.15, -0.1) is 0 Å². The van der Waals surface area contributed by atoms with E-state index in [1.54, 1.807) is 0 Å². The van der Waals surface area contributed by atoms with E-state index in [4.69, 9.17) is 20.0 Å². The molecule has 0 aliphatic carbocycles. The third-order valence-corrected chi connectivity index (χ3v) is 6.22. The maximum atomic E-state index is 10.6. The lowest BCUT2D eigenvalue weighted by Gasteiger charge is -2.30. The fraction of sp³-hybridized carbons (Fsp3) is 0.385. The molecule has 38 heavy (non-hydrogen) atoms. The van der Waals surface area contributed by atoms with Crippen LogP contribution in [-0.2, 0) is 24.4 Å². The first-order valence-corrected chi connectivity index (χ1v) is 12.4. The van der Waals surface area contributed by atoms with Gasteiger partial charge in [0.05, 0.1) is 18.1 Å². The van der Waals surface area contributed by atoms with E-state index in [2.05, 4.69) is 58.8 Å². The summed E-state index contributed by atoms with van der Waals surface area (Å²) >= 11 is 0. The predicted octanol–water partition coefficient (Wildman–Crippen LogP) is 4.57. The molecule has 4 heterocycles. The Hall–Kier alpha value is -3.93. The fourth-order valence-electron chi connectivity index (χ4n) is 4.31. The van der Waals surface area contributed by atoms with Crippen molar-refractivity contribution in [1.82, 2.24) is 29.3 Å². The van der Waals surface area contributed by atoms with Crippen molar-refractivity contribution >= 4 is 17.3 Å². The second-order valence-corrected chi connectivity index (χ2v) is 9.11. The van der Waals surface area contributed by atoms with Crippen molar-refractivity contribution in [2.75, 3.05) is 18.4 Å². The number of likely N-dealkylation sites (tertiary alicyclic amines) is 1. The van der Waals surface area contributed by atoms with Crippen LogP contribution in [0.3, 0.4) is 0 Å². The molecule has 1 fully saturated rings. The van der Waals surface area contributed by atoms with Crippen molar-refractivity contribution in [1.29, 1.82) is 0 Å². The molecule has 9 nitrogen and oxygen atoms in total. The van der Waals surface area contributed by atoms with Crippen LogP contribution in [0.5, 0.6) is 0 Å². The molecule has 1 unspecified atom stereocenters. The molecule has 2 N–H and O–H groups in total. The number of halogens is 3. The minimum Gasteiger partial charge on any atom is -0.475 e. The van der Waals surface area contributed by atoms with Crippen molar-refractivity contribution in [3.8, 4) is 0 Å². The first-order valence-electron chi connectivity index (χ1n) is 12.4. The van der Waals surface area contributed by atoms with Crippen LogP contribution in [0.15, 0.2) is 61.1 Å². The van der Waals surface area contributed by atoms with Crippen LogP contribution in [0, 0.1) is 0 Å². The normalized spacial score (nSPS) is 16.2. The van der Waals surface area contributed by atoms with Crippen molar-refractivity contribution < 1.29 is 23.1 Å². The van der Waals surface area contributed by atoms with Crippen molar-refractivity contribution in [3.05, 3.63) is 78.0 Å². The monoisotopic (exact) mass is 529 g/mol. The number of aryl methyl sites for hydroxylation is 1. The van der Waals surface area contributed by atoms with Gasteiger partial charge >= 0.3 is 12.1 Å². The highest BCUT2D eigenvalue weighted by Crippen LogP contribution is 2.26. The Labute approximate surface area is 217 Å². The average molecular weight is 530 g/mol. The third-order valence-electron chi connectivity index (χ3n) is 6.22. The van der Waals surface area contributed by atoms with Gasteiger partial charge in [0.2, 0.25) is 0 Å². The lowest BCUT2D eigenvalue weighted by Crippen LogP contribution is -2.34. The first kappa shape index (κ1) is 27.1. The lowest BCUT2D eigenvalue weighted by molar-refractivity contribution is -0.192. The van der Waals surface area contributed by atoms with E-state index in [9.17, 15) is 13.2 Å². The number of fused-ring (bicyclic) bond motifs is 1. The number of carboxylic acid groups (broad SMARTS) is 1. The number of nitrogens with one attached hydrogen (secondary N) is 1. The van der Waals surface area contributed by atoms with Crippen molar-refractivity contribution in [3.63, 3.8) is 0 Å². The van der Waals surface area contributed by atoms with E-state index in [-0.39, 0.29) is 0 Å². The van der Waals surface area contributed by atoms with Crippen LogP contribution >= 0.6 is 0 Å². The Morgan fingerprint density at radius 2 is 1.89 bits per heavy atom. The Kier molecular flexibility index (Phi) is 8.62. The number of pyridine rings is 1. The molecule has 202 valence electrons. The minimum absolute atomic E-state index is 0.371. The Balaban J connectivity index is 0.000000426. The Bertz CT molecular complexity index is 1340. The number of rotatable bonds is 7. The first-order chi connectivity index (χ1) is 18.2. The van der Waals surface area contributed by atoms with Gasteiger partial charge in [0.25, 0.3) is 0 Å². The largest absolute Gasteiger partial charge is 0.490 e. The number of aromatic nitrogens is 5. The molecule has 0 amide bonds. The molecule has 0 bridgehead atoms. The number of carbonyl (C=O) groups is 1. The number of hydrogen-bond acceptors (Lipinski definition) is 6. The summed E-state index contributed by atoms with van der Waals surface area (Å²) in [5, 5.41) is 19.8. The third kappa shape index (κ3) is 7.31. The molecule has 12 heteroatoms. The maximum absolute atomic E-state index is 10.6. The second kappa shape index (κ2) is 12.1. The predicted molar refractivity (Wildman–Crippen MR) is 136 cm³/mol. The van der Waals surface area contributed by atoms with Crippen molar-refractivity contribution in [2.24, 2.45) is 0 Å². The van der Waals surface area contributed by atoms with Crippen LogP contribution in [-0.4, -0.2) is 59.6 Å². The number of benzene rings is 1. The molecular formula is C26H30F3N7O2. The minimum atomic E-state index is -5.08. The van der Waals surface area contributed by atoms with Crippen LogP contribution < -0.4 is 5.32 Å². The van der Waals surface area contributed by atoms with Crippen LogP contribution in [0.2, 0.25) is 0 Å². The van der Waals surface area contributed by atoms with Gasteiger partial charge in [-0.25, -0.2) is 14.3 Å². The number of anilines is 1. The summed E-state index contributed by atoms with van der Waals surface area (Å²) in [4.78, 5) is 16.2. The van der Waals surface area contributed by atoms with E-state index < -0.39 is 12.1 Å². The molecule has 1 atom stereocenters. The Morgan fingerprint density at radius 1 is 1.13 bits per heavy atom. The highest BCUT2D eigenvalue weighted by atomic mass is 19.4. The number of piperidine rings is 1. The van der Waals surface area contributed by atoms with E-state index >= 15 is 0 Å². The van der Waals surface area contributed by atoms with Gasteiger partial charge in [0, 0.05) is 43.9 Å². The highest BCUT2D eigenvalue weighted by molar-refractivity contribution is 5.73. The number of alkyl halides is 3. The maximum Gasteiger partial charge on any atom is 0.490 e. The molecule has 3 aromatic heterocycles. The van der Waals surface area contributed by atoms with E-state index in [0.29, 0.717) is 5.92 Å². The summed E-state index contributed by atoms with van der Waals surface area (Å²) in [6.45, 7) is 6.88. The van der Waals surface area contributed by atoms with Gasteiger partial charge in [-0.1, -0.05) is 30.3 Å². The standard InChI is InChI=1S/C24H29N7.C2HF3O2/c1-2-30-16-20(14-26-30)15-29-12-6-9-21(17-29)24-27-23-11-10-22(18-31(23)28-24)25-13-19-7-4-3-5-8-19;3-2(4,5)1(6)7/h3-5,7-8,10-11,14,16,18,21,25H,2,6,9,12-13,15,17H2,1H3;(H,6,7). The summed E-state index contributed by atoms with van der Waals surface area (Å²) < 4.78 is 35.6. The summed E-state index contributed by atoms with van der Waals surface area (Å²) in [5.41, 5.74) is 4.49. The molecule has 0 spiro atoms. The van der Waals surface area contributed by atoms with E-state index in [0.717, 1.165) is 56.3 Å². The van der Waals surface area contributed by atoms with E-state index in [1.165, 1.54) is 17.5 Å². The van der Waals surface area contributed by atoms with Gasteiger partial charge in [0.15, 0.2) is 11.5 Å². The Morgan fingerprint density at radius 3 is 2.58 bits per heavy atom. The number of nitrogens with zero attached hydrogens (tertiary/aromatic N) is 6. The molecular weight excluding hydrogens is 499 g/mol. The SMILES string of the molecule is CCn1cc(CN2CCCC(c3nc4ccc(NCc5ccccc5)cn4n3)C2)cn1.O=C(O)C(F)(F)F. The number of hydrogen-bond donors (Lipinski definition) is 2. The molecule has 0 saturated carbocycles. The zero-order chi connectivity index (χ0) is 27.1. The summed E-state index contributed by atoms with van der Waals surface area (Å²) in [6.07, 6.45) is 3.40. The molecule has 1 aliphatic rings. The molecule has 5 rings (SSSR count).